The second-order valence-electron chi connectivity index (χ2n) is 8.68. The summed E-state index contributed by atoms with van der Waals surface area (Å²) in [6, 6.07) is 15.5. The van der Waals surface area contributed by atoms with Crippen molar-refractivity contribution in [3.8, 4) is 11.1 Å². The van der Waals surface area contributed by atoms with Crippen LogP contribution in [0.4, 0.5) is 13.6 Å². The summed E-state index contributed by atoms with van der Waals surface area (Å²) in [5.41, 5.74) is 2.56. The van der Waals surface area contributed by atoms with Crippen molar-refractivity contribution in [3.63, 3.8) is 0 Å². The summed E-state index contributed by atoms with van der Waals surface area (Å²) in [5, 5.41) is 11.3. The number of nitrogens with one attached hydrogen (secondary N) is 1. The largest absolute Gasteiger partial charge is 0.479 e. The van der Waals surface area contributed by atoms with E-state index in [2.05, 4.69) is 0 Å². The van der Waals surface area contributed by atoms with Crippen LogP contribution in [0.2, 0.25) is 0 Å². The Hall–Kier alpha value is -3.53. The lowest BCUT2D eigenvalue weighted by Gasteiger charge is -2.38. The molecule has 1 aliphatic carbocycles. The lowest BCUT2D eigenvalue weighted by Crippen LogP contribution is -2.56. The molecule has 0 spiro atoms. The molecule has 8 nitrogen and oxygen atoms in total. The number of carbonyl (C=O) groups excluding carboxylic acids is 2. The molecule has 0 aromatic heterocycles. The molecule has 4 rings (SSSR count). The lowest BCUT2D eigenvalue weighted by molar-refractivity contribution is -0.174. The van der Waals surface area contributed by atoms with Gasteiger partial charge in [0.1, 0.15) is 6.61 Å². The van der Waals surface area contributed by atoms with Crippen molar-refractivity contribution >= 4 is 18.0 Å². The van der Waals surface area contributed by atoms with Crippen LogP contribution in [0.5, 0.6) is 0 Å². The SMILES string of the molecule is COC1(C(=O)O)CCN(C(=O)C(F)(F)CNC(=O)OCC2c3ccccc3-c3ccccc32)CC1. The van der Waals surface area contributed by atoms with Crippen LogP contribution in [-0.4, -0.2) is 72.9 Å². The fourth-order valence-corrected chi connectivity index (χ4v) is 4.72. The first-order valence-electron chi connectivity index (χ1n) is 11.2. The minimum atomic E-state index is -3.87. The molecule has 1 aliphatic heterocycles. The Bertz CT molecular complexity index is 1080. The van der Waals surface area contributed by atoms with Gasteiger partial charge >= 0.3 is 18.0 Å². The van der Waals surface area contributed by atoms with Gasteiger partial charge in [-0.25, -0.2) is 9.59 Å². The highest BCUT2D eigenvalue weighted by Gasteiger charge is 2.48. The first-order chi connectivity index (χ1) is 16.7. The van der Waals surface area contributed by atoms with Crippen LogP contribution in [0.25, 0.3) is 11.1 Å². The number of amides is 2. The van der Waals surface area contributed by atoms with Gasteiger partial charge in [-0.15, -0.1) is 0 Å². The third-order valence-corrected chi connectivity index (χ3v) is 6.75. The Morgan fingerprint density at radius 1 is 1.06 bits per heavy atom. The number of alkyl halides is 2. The maximum absolute atomic E-state index is 14.5. The highest BCUT2D eigenvalue weighted by molar-refractivity contribution is 5.85. The Morgan fingerprint density at radius 2 is 1.60 bits per heavy atom. The Balaban J connectivity index is 1.31. The summed E-state index contributed by atoms with van der Waals surface area (Å²) in [6.07, 6.45) is -1.27. The van der Waals surface area contributed by atoms with E-state index in [-0.39, 0.29) is 38.5 Å². The van der Waals surface area contributed by atoms with Gasteiger partial charge in [0, 0.05) is 39.0 Å². The summed E-state index contributed by atoms with van der Waals surface area (Å²) in [5.74, 6) is -6.77. The average molecular weight is 488 g/mol. The number of methoxy groups -OCH3 is 1. The number of carboxylic acids is 1. The number of hydrogen-bond acceptors (Lipinski definition) is 5. The number of benzene rings is 2. The first kappa shape index (κ1) is 24.6. The van der Waals surface area contributed by atoms with Gasteiger partial charge in [-0.05, 0) is 22.3 Å². The molecule has 1 heterocycles. The van der Waals surface area contributed by atoms with Gasteiger partial charge in [-0.1, -0.05) is 48.5 Å². The predicted octanol–water partition coefficient (Wildman–Crippen LogP) is 3.25. The molecule has 186 valence electrons. The van der Waals surface area contributed by atoms with Crippen molar-refractivity contribution in [2.45, 2.75) is 30.3 Å². The number of piperidine rings is 1. The number of likely N-dealkylation sites (tertiary alicyclic amines) is 1. The number of aliphatic carboxylic acids is 1. The summed E-state index contributed by atoms with van der Waals surface area (Å²) in [6.45, 7) is -1.66. The number of hydrogen-bond donors (Lipinski definition) is 2. The summed E-state index contributed by atoms with van der Waals surface area (Å²) >= 11 is 0. The van der Waals surface area contributed by atoms with Crippen molar-refractivity contribution in [2.24, 2.45) is 0 Å². The lowest BCUT2D eigenvalue weighted by atomic mass is 9.91. The zero-order chi connectivity index (χ0) is 25.2. The highest BCUT2D eigenvalue weighted by atomic mass is 19.3. The van der Waals surface area contributed by atoms with Gasteiger partial charge in [0.2, 0.25) is 0 Å². The Labute approximate surface area is 200 Å². The van der Waals surface area contributed by atoms with E-state index in [1.165, 1.54) is 7.11 Å². The van der Waals surface area contributed by atoms with Crippen LogP contribution in [0.15, 0.2) is 48.5 Å². The topological polar surface area (TPSA) is 105 Å². The van der Waals surface area contributed by atoms with Gasteiger partial charge in [0.05, 0.1) is 6.54 Å². The zero-order valence-electron chi connectivity index (χ0n) is 19.1. The molecule has 0 saturated carbocycles. The molecule has 1 saturated heterocycles. The summed E-state index contributed by atoms with van der Waals surface area (Å²) in [7, 11) is 1.23. The molecule has 2 aromatic rings. The Kier molecular flexibility index (Phi) is 6.75. The molecular weight excluding hydrogens is 462 g/mol. The van der Waals surface area contributed by atoms with Gasteiger partial charge in [0.25, 0.3) is 5.91 Å². The molecule has 2 N–H and O–H groups in total. The number of carboxylic acid groups (broad SMARTS) is 1. The van der Waals surface area contributed by atoms with Crippen molar-refractivity contribution in [2.75, 3.05) is 33.4 Å². The van der Waals surface area contributed by atoms with E-state index in [0.717, 1.165) is 27.2 Å². The van der Waals surface area contributed by atoms with Crippen LogP contribution >= 0.6 is 0 Å². The standard InChI is InChI=1S/C25H26F2N2O6/c1-34-24(22(31)32)10-12-29(13-11-24)21(30)25(26,27)15-28-23(33)35-14-20-18-8-4-2-6-16(18)17-7-3-5-9-19(17)20/h2-9,20H,10-15H2,1H3,(H,28,33)(H,31,32). The number of nitrogens with zero attached hydrogens (tertiary/aromatic N) is 1. The fourth-order valence-electron chi connectivity index (χ4n) is 4.72. The smallest absolute Gasteiger partial charge is 0.407 e. The molecule has 0 unspecified atom stereocenters. The molecule has 35 heavy (non-hydrogen) atoms. The van der Waals surface area contributed by atoms with Crippen LogP contribution in [0.3, 0.4) is 0 Å². The third-order valence-electron chi connectivity index (χ3n) is 6.75. The number of halogens is 2. The molecule has 2 aromatic carbocycles. The van der Waals surface area contributed by atoms with E-state index in [1.54, 1.807) is 0 Å². The normalized spacial score (nSPS) is 16.8. The van der Waals surface area contributed by atoms with Crippen molar-refractivity contribution in [1.29, 1.82) is 0 Å². The molecule has 10 heteroatoms. The summed E-state index contributed by atoms with van der Waals surface area (Å²) < 4.78 is 39.3. The number of carbonyl (C=O) groups is 3. The van der Waals surface area contributed by atoms with Gasteiger partial charge in [0.15, 0.2) is 5.60 Å². The highest BCUT2D eigenvalue weighted by Crippen LogP contribution is 2.44. The van der Waals surface area contributed by atoms with Crippen LogP contribution < -0.4 is 5.32 Å². The molecular formula is C25H26F2N2O6. The molecule has 0 bridgehead atoms. The van der Waals surface area contributed by atoms with E-state index in [4.69, 9.17) is 9.47 Å². The number of ether oxygens (including phenoxy) is 2. The van der Waals surface area contributed by atoms with Crippen molar-refractivity contribution < 1.29 is 37.7 Å². The monoisotopic (exact) mass is 488 g/mol. The van der Waals surface area contributed by atoms with E-state index in [9.17, 15) is 28.3 Å². The zero-order valence-corrected chi connectivity index (χ0v) is 19.1. The summed E-state index contributed by atoms with van der Waals surface area (Å²) in [4.78, 5) is 36.8. The van der Waals surface area contributed by atoms with E-state index < -0.39 is 36.0 Å². The second-order valence-corrected chi connectivity index (χ2v) is 8.68. The van der Waals surface area contributed by atoms with Crippen LogP contribution in [-0.2, 0) is 19.1 Å². The number of rotatable bonds is 7. The molecule has 0 radical (unpaired) electrons. The van der Waals surface area contributed by atoms with Crippen molar-refractivity contribution in [1.82, 2.24) is 10.2 Å². The molecule has 1 fully saturated rings. The minimum absolute atomic E-state index is 0.0419. The number of alkyl carbamates (subject to hydrolysis) is 1. The third kappa shape index (κ3) is 4.70. The maximum atomic E-state index is 14.5. The van der Waals surface area contributed by atoms with Crippen LogP contribution in [0, 0.1) is 0 Å². The van der Waals surface area contributed by atoms with Gasteiger partial charge in [-0.3, -0.25) is 4.79 Å². The second kappa shape index (κ2) is 9.61. The first-order valence-corrected chi connectivity index (χ1v) is 11.2. The van der Waals surface area contributed by atoms with Gasteiger partial charge < -0.3 is 24.8 Å². The predicted molar refractivity (Wildman–Crippen MR) is 121 cm³/mol. The Morgan fingerprint density at radius 3 is 2.11 bits per heavy atom. The fraction of sp³-hybridized carbons (Fsp3) is 0.400. The van der Waals surface area contributed by atoms with E-state index in [0.29, 0.717) is 0 Å². The van der Waals surface area contributed by atoms with Crippen molar-refractivity contribution in [3.05, 3.63) is 59.7 Å². The molecule has 0 atom stereocenters. The van der Waals surface area contributed by atoms with Crippen LogP contribution in [0.1, 0.15) is 29.9 Å². The van der Waals surface area contributed by atoms with E-state index in [1.807, 2.05) is 53.8 Å². The number of fused-ring (bicyclic) bond motifs is 3. The molecule has 2 amide bonds. The average Bonchev–Trinajstić information content (AvgIpc) is 3.19. The van der Waals surface area contributed by atoms with Gasteiger partial charge in [-0.2, -0.15) is 8.78 Å². The minimum Gasteiger partial charge on any atom is -0.479 e. The van der Waals surface area contributed by atoms with E-state index >= 15 is 0 Å². The maximum Gasteiger partial charge on any atom is 0.407 e. The molecule has 2 aliphatic rings. The quantitative estimate of drug-likeness (QED) is 0.620.